The Morgan fingerprint density at radius 3 is 1.35 bits per heavy atom. The average Bonchev–Trinajstić information content (AvgIpc) is 2.57. The van der Waals surface area contributed by atoms with Crippen LogP contribution in [0.5, 0.6) is 11.5 Å². The van der Waals surface area contributed by atoms with Crippen molar-refractivity contribution in [3.63, 3.8) is 0 Å². The van der Waals surface area contributed by atoms with E-state index >= 15 is 0 Å². The van der Waals surface area contributed by atoms with E-state index < -0.39 is 0 Å². The number of para-hydroxylation sites is 2. The Balaban J connectivity index is 0.000000241. The van der Waals surface area contributed by atoms with Gasteiger partial charge in [-0.05, 0) is 36.8 Å². The molecule has 0 radical (unpaired) electrons. The summed E-state index contributed by atoms with van der Waals surface area (Å²) in [4.78, 5) is 8.33. The van der Waals surface area contributed by atoms with Crippen molar-refractivity contribution in [3.05, 3.63) is 72.1 Å². The predicted molar refractivity (Wildman–Crippen MR) is 103 cm³/mol. The van der Waals surface area contributed by atoms with Crippen LogP contribution in [0, 0.1) is 13.8 Å². The number of fused-ring (bicyclic) bond motifs is 2. The van der Waals surface area contributed by atoms with Gasteiger partial charge in [0.2, 0.25) is 0 Å². The Morgan fingerprint density at radius 1 is 0.577 bits per heavy atom. The van der Waals surface area contributed by atoms with Gasteiger partial charge in [-0.15, -0.1) is 0 Å². The summed E-state index contributed by atoms with van der Waals surface area (Å²) in [6, 6.07) is 18.0. The van der Waals surface area contributed by atoms with Crippen molar-refractivity contribution in [2.75, 3.05) is 0 Å². The minimum atomic E-state index is -0.00352. The Kier molecular flexibility index (Phi) is 8.09. The van der Waals surface area contributed by atoms with Crippen LogP contribution in [0.3, 0.4) is 0 Å². The molecule has 0 saturated heterocycles. The van der Waals surface area contributed by atoms with Crippen LogP contribution >= 0.6 is 0 Å². The molecule has 4 aromatic rings. The van der Waals surface area contributed by atoms with E-state index in [1.807, 2.05) is 50.2 Å². The van der Waals surface area contributed by atoms with Crippen LogP contribution < -0.4 is 10.2 Å². The molecule has 0 amide bonds. The molecule has 0 bridgehead atoms. The molecule has 0 aliphatic heterocycles. The van der Waals surface area contributed by atoms with E-state index in [0.717, 1.165) is 22.2 Å². The summed E-state index contributed by atoms with van der Waals surface area (Å²) >= 11 is 0. The van der Waals surface area contributed by atoms with E-state index in [4.69, 9.17) is 0 Å². The van der Waals surface area contributed by atoms with Crippen molar-refractivity contribution in [3.8, 4) is 11.5 Å². The number of nitrogens with zero attached hydrogens (tertiary/aromatic N) is 2. The number of rotatable bonds is 0. The molecule has 0 unspecified atom stereocenters. The van der Waals surface area contributed by atoms with Gasteiger partial charge in [0.05, 0.1) is 11.0 Å². The van der Waals surface area contributed by atoms with Gasteiger partial charge in [0.15, 0.2) is 0 Å². The Hall–Kier alpha value is -2.08. The van der Waals surface area contributed by atoms with Crippen LogP contribution in [0.15, 0.2) is 60.7 Å². The maximum Gasteiger partial charge on any atom is 3.00 e. The number of aromatic nitrogens is 2. The summed E-state index contributed by atoms with van der Waals surface area (Å²) in [5, 5.41) is 24.4. The molecule has 4 rings (SSSR count). The summed E-state index contributed by atoms with van der Waals surface area (Å²) in [6.07, 6.45) is 0. The van der Waals surface area contributed by atoms with Crippen molar-refractivity contribution in [2.45, 2.75) is 13.8 Å². The molecular weight excluding hydrogens is 354 g/mol. The number of hydrogen-bond donors (Lipinski definition) is 0. The van der Waals surface area contributed by atoms with Gasteiger partial charge in [-0.2, -0.15) is 0 Å². The first-order valence-electron chi connectivity index (χ1n) is 7.61. The van der Waals surface area contributed by atoms with Crippen molar-refractivity contribution < 1.29 is 10.2 Å². The van der Waals surface area contributed by atoms with Gasteiger partial charge in [-0.1, -0.05) is 60.0 Å². The molecule has 4 nitrogen and oxygen atoms in total. The molecule has 0 fully saturated rings. The molecule has 0 saturated carbocycles. The monoisotopic (exact) mass is 370 g/mol. The molecule has 2 aromatic heterocycles. The fourth-order valence-electron chi connectivity index (χ4n) is 2.43. The van der Waals surface area contributed by atoms with Gasteiger partial charge in [-0.25, -0.2) is 0 Å². The second-order valence-electron chi connectivity index (χ2n) is 5.56. The zero-order valence-corrected chi connectivity index (χ0v) is 16.9. The summed E-state index contributed by atoms with van der Waals surface area (Å²) in [5.74, 6) is -0.00704. The third-order valence-corrected chi connectivity index (χ3v) is 3.64. The van der Waals surface area contributed by atoms with Gasteiger partial charge < -0.3 is 10.2 Å². The van der Waals surface area contributed by atoms with E-state index in [2.05, 4.69) is 9.97 Å². The summed E-state index contributed by atoms with van der Waals surface area (Å²) in [5.41, 5.74) is 2.90. The average molecular weight is 370 g/mol. The van der Waals surface area contributed by atoms with E-state index in [0.29, 0.717) is 11.0 Å². The molecule has 26 heavy (non-hydrogen) atoms. The quantitative estimate of drug-likeness (QED) is 0.446. The van der Waals surface area contributed by atoms with Gasteiger partial charge in [0.25, 0.3) is 0 Å². The van der Waals surface area contributed by atoms with Crippen LogP contribution in [-0.2, 0) is 0 Å². The standard InChI is InChI=1S/2C10H9NO.2Al/c2*1-7-5-6-8-3-2-4-9(12)10(8)11-7;;/h2*2-6,12H,1H3;;/q;;2*+3/p-2. The second kappa shape index (κ2) is 9.58. The van der Waals surface area contributed by atoms with Crippen LogP contribution in [0.25, 0.3) is 21.8 Å². The zero-order chi connectivity index (χ0) is 17.1. The molecule has 120 valence electrons. The summed E-state index contributed by atoms with van der Waals surface area (Å²) in [6.45, 7) is 3.76. The molecule has 2 aromatic carbocycles. The second-order valence-corrected chi connectivity index (χ2v) is 5.56. The number of aryl methyl sites for hydroxylation is 2. The number of benzene rings is 2. The first kappa shape index (κ1) is 22.0. The molecule has 0 N–H and O–H groups in total. The molecule has 6 heteroatoms. The molecule has 0 aliphatic carbocycles. The Bertz CT molecular complexity index is 940. The van der Waals surface area contributed by atoms with Crippen molar-refractivity contribution >= 4 is 56.5 Å². The van der Waals surface area contributed by atoms with E-state index in [9.17, 15) is 10.2 Å². The topological polar surface area (TPSA) is 71.9 Å². The van der Waals surface area contributed by atoms with Gasteiger partial charge in [-0.3, -0.25) is 9.97 Å². The SMILES string of the molecule is Cc1ccc2cccc([O-])c2n1.Cc1ccc2cccc([O-])c2n1.[Al+3].[Al+3]. The van der Waals surface area contributed by atoms with Gasteiger partial charge in [0, 0.05) is 11.4 Å². The van der Waals surface area contributed by atoms with Crippen LogP contribution in [0.2, 0.25) is 0 Å². The van der Waals surface area contributed by atoms with Crippen LogP contribution in [-0.4, -0.2) is 44.7 Å². The minimum absolute atomic E-state index is 0. The van der Waals surface area contributed by atoms with Crippen molar-refractivity contribution in [1.82, 2.24) is 9.97 Å². The third kappa shape index (κ3) is 4.98. The maximum absolute atomic E-state index is 11.3. The molecule has 0 spiro atoms. The van der Waals surface area contributed by atoms with Crippen molar-refractivity contribution in [2.24, 2.45) is 0 Å². The first-order chi connectivity index (χ1) is 11.5. The Morgan fingerprint density at radius 2 is 0.962 bits per heavy atom. The van der Waals surface area contributed by atoms with Crippen molar-refractivity contribution in [1.29, 1.82) is 0 Å². The van der Waals surface area contributed by atoms with E-state index in [-0.39, 0.29) is 46.2 Å². The normalized spacial score (nSPS) is 9.62. The number of pyridine rings is 2. The largest absolute Gasteiger partial charge is 3.00 e. The maximum atomic E-state index is 11.3. The summed E-state index contributed by atoms with van der Waals surface area (Å²) < 4.78 is 0. The van der Waals surface area contributed by atoms with Gasteiger partial charge in [0.1, 0.15) is 0 Å². The Labute approximate surface area is 173 Å². The van der Waals surface area contributed by atoms with Gasteiger partial charge >= 0.3 is 34.7 Å². The molecule has 2 heterocycles. The molecular formula is C20H16Al2N2O2+4. The smallest absolute Gasteiger partial charge is 0.871 e. The fourth-order valence-corrected chi connectivity index (χ4v) is 2.43. The molecule has 0 atom stereocenters. The minimum Gasteiger partial charge on any atom is -0.871 e. The van der Waals surface area contributed by atoms with Crippen LogP contribution in [0.4, 0.5) is 0 Å². The number of hydrogen-bond acceptors (Lipinski definition) is 4. The van der Waals surface area contributed by atoms with Crippen LogP contribution in [0.1, 0.15) is 11.4 Å². The predicted octanol–water partition coefficient (Wildman–Crippen LogP) is 2.47. The van der Waals surface area contributed by atoms with E-state index in [1.165, 1.54) is 12.1 Å². The summed E-state index contributed by atoms with van der Waals surface area (Å²) in [7, 11) is 0. The fraction of sp³-hybridized carbons (Fsp3) is 0.100. The van der Waals surface area contributed by atoms with E-state index in [1.54, 1.807) is 12.1 Å². The third-order valence-electron chi connectivity index (χ3n) is 3.64. The first-order valence-corrected chi connectivity index (χ1v) is 7.61. The zero-order valence-electron chi connectivity index (χ0n) is 14.6. The molecule has 0 aliphatic rings.